The van der Waals surface area contributed by atoms with Gasteiger partial charge in [0.25, 0.3) is 0 Å². The minimum Gasteiger partial charge on any atom is -0.496 e. The molecule has 5 nitrogen and oxygen atoms in total. The molecule has 0 aliphatic rings. The van der Waals surface area contributed by atoms with Gasteiger partial charge >= 0.3 is 0 Å². The SMILES string of the molecule is COc1ccc(CN)cc1CN(CC(N)=O)C(C)C. The normalized spacial score (nSPS) is 11.1. The van der Waals surface area contributed by atoms with Crippen LogP contribution < -0.4 is 16.2 Å². The van der Waals surface area contributed by atoms with Gasteiger partial charge in [-0.15, -0.1) is 0 Å². The van der Waals surface area contributed by atoms with Gasteiger partial charge in [0.15, 0.2) is 0 Å². The molecule has 0 radical (unpaired) electrons. The van der Waals surface area contributed by atoms with Crippen LogP contribution in [0.2, 0.25) is 0 Å². The number of rotatable bonds is 7. The lowest BCUT2D eigenvalue weighted by atomic mass is 10.1. The van der Waals surface area contributed by atoms with Gasteiger partial charge in [-0.1, -0.05) is 6.07 Å². The molecule has 0 aromatic heterocycles. The predicted molar refractivity (Wildman–Crippen MR) is 75.6 cm³/mol. The molecule has 0 aliphatic carbocycles. The van der Waals surface area contributed by atoms with Crippen molar-refractivity contribution in [3.63, 3.8) is 0 Å². The number of primary amides is 1. The molecule has 4 N–H and O–H groups in total. The number of nitrogens with zero attached hydrogens (tertiary/aromatic N) is 1. The number of ether oxygens (including phenoxy) is 1. The highest BCUT2D eigenvalue weighted by Gasteiger charge is 2.15. The maximum atomic E-state index is 11.1. The first-order valence-electron chi connectivity index (χ1n) is 6.36. The van der Waals surface area contributed by atoms with Crippen LogP contribution in [0.15, 0.2) is 18.2 Å². The van der Waals surface area contributed by atoms with Crippen LogP contribution in [0.5, 0.6) is 5.75 Å². The second kappa shape index (κ2) is 7.11. The Labute approximate surface area is 114 Å². The van der Waals surface area contributed by atoms with Crippen molar-refractivity contribution in [1.82, 2.24) is 4.90 Å². The smallest absolute Gasteiger partial charge is 0.231 e. The number of methoxy groups -OCH3 is 1. The molecule has 0 unspecified atom stereocenters. The van der Waals surface area contributed by atoms with E-state index in [-0.39, 0.29) is 18.5 Å². The van der Waals surface area contributed by atoms with E-state index < -0.39 is 0 Å². The van der Waals surface area contributed by atoms with Crippen molar-refractivity contribution in [2.45, 2.75) is 33.0 Å². The number of carbonyl (C=O) groups is 1. The Bertz CT molecular complexity index is 433. The molecule has 1 rings (SSSR count). The van der Waals surface area contributed by atoms with E-state index in [4.69, 9.17) is 16.2 Å². The maximum Gasteiger partial charge on any atom is 0.231 e. The third-order valence-corrected chi connectivity index (χ3v) is 3.04. The largest absolute Gasteiger partial charge is 0.496 e. The first-order valence-corrected chi connectivity index (χ1v) is 6.36. The molecule has 0 saturated carbocycles. The fraction of sp³-hybridized carbons (Fsp3) is 0.500. The molecule has 0 saturated heterocycles. The summed E-state index contributed by atoms with van der Waals surface area (Å²) < 4.78 is 5.35. The van der Waals surface area contributed by atoms with Crippen molar-refractivity contribution in [2.75, 3.05) is 13.7 Å². The van der Waals surface area contributed by atoms with E-state index in [9.17, 15) is 4.79 Å². The lowest BCUT2D eigenvalue weighted by molar-refractivity contribution is -0.119. The molecule has 19 heavy (non-hydrogen) atoms. The fourth-order valence-electron chi connectivity index (χ4n) is 1.92. The quantitative estimate of drug-likeness (QED) is 0.765. The van der Waals surface area contributed by atoms with Gasteiger partial charge in [-0.3, -0.25) is 9.69 Å². The Morgan fingerprint density at radius 2 is 2.11 bits per heavy atom. The summed E-state index contributed by atoms with van der Waals surface area (Å²) in [4.78, 5) is 13.1. The Morgan fingerprint density at radius 1 is 1.42 bits per heavy atom. The van der Waals surface area contributed by atoms with Crippen LogP contribution in [0, 0.1) is 0 Å². The van der Waals surface area contributed by atoms with Crippen LogP contribution in [-0.4, -0.2) is 30.5 Å². The molecule has 0 heterocycles. The number of hydrogen-bond acceptors (Lipinski definition) is 4. The number of hydrogen-bond donors (Lipinski definition) is 2. The standard InChI is InChI=1S/C14H23N3O2/c1-10(2)17(9-14(16)18)8-12-6-11(7-15)4-5-13(12)19-3/h4-6,10H,7-9,15H2,1-3H3,(H2,16,18). The number of carbonyl (C=O) groups excluding carboxylic acids is 1. The van der Waals surface area contributed by atoms with E-state index in [0.717, 1.165) is 16.9 Å². The number of benzene rings is 1. The summed E-state index contributed by atoms with van der Waals surface area (Å²) in [6, 6.07) is 6.07. The molecule has 0 fully saturated rings. The summed E-state index contributed by atoms with van der Waals surface area (Å²) in [5, 5.41) is 0. The van der Waals surface area contributed by atoms with Gasteiger partial charge in [0.05, 0.1) is 13.7 Å². The zero-order valence-electron chi connectivity index (χ0n) is 11.8. The van der Waals surface area contributed by atoms with Gasteiger partial charge in [-0.05, 0) is 31.5 Å². The second-order valence-electron chi connectivity index (χ2n) is 4.82. The summed E-state index contributed by atoms with van der Waals surface area (Å²) in [6.45, 7) is 5.38. The van der Waals surface area contributed by atoms with Crippen molar-refractivity contribution in [2.24, 2.45) is 11.5 Å². The van der Waals surface area contributed by atoms with Gasteiger partial charge < -0.3 is 16.2 Å². The second-order valence-corrected chi connectivity index (χ2v) is 4.82. The molecule has 1 aromatic rings. The molecule has 0 bridgehead atoms. The Hall–Kier alpha value is -1.59. The highest BCUT2D eigenvalue weighted by molar-refractivity contribution is 5.75. The molecule has 1 amide bonds. The summed E-state index contributed by atoms with van der Waals surface area (Å²) in [6.07, 6.45) is 0. The average molecular weight is 265 g/mol. The fourth-order valence-corrected chi connectivity index (χ4v) is 1.92. The molecule has 0 aliphatic heterocycles. The van der Waals surface area contributed by atoms with Gasteiger partial charge in [0.2, 0.25) is 5.91 Å². The van der Waals surface area contributed by atoms with Crippen LogP contribution in [0.4, 0.5) is 0 Å². The van der Waals surface area contributed by atoms with Gasteiger partial charge in [-0.25, -0.2) is 0 Å². The average Bonchev–Trinajstić information content (AvgIpc) is 2.37. The van der Waals surface area contributed by atoms with Gasteiger partial charge in [0, 0.05) is 24.7 Å². The highest BCUT2D eigenvalue weighted by Crippen LogP contribution is 2.22. The third-order valence-electron chi connectivity index (χ3n) is 3.04. The van der Waals surface area contributed by atoms with E-state index in [1.807, 2.05) is 36.9 Å². The minimum atomic E-state index is -0.331. The molecular weight excluding hydrogens is 242 g/mol. The molecule has 1 aromatic carbocycles. The Kier molecular flexibility index (Phi) is 5.79. The van der Waals surface area contributed by atoms with Crippen LogP contribution in [-0.2, 0) is 17.9 Å². The van der Waals surface area contributed by atoms with E-state index in [0.29, 0.717) is 13.1 Å². The molecule has 0 spiro atoms. The van der Waals surface area contributed by atoms with Crippen LogP contribution >= 0.6 is 0 Å². The van der Waals surface area contributed by atoms with Crippen molar-refractivity contribution in [3.05, 3.63) is 29.3 Å². The van der Waals surface area contributed by atoms with Gasteiger partial charge in [-0.2, -0.15) is 0 Å². The van der Waals surface area contributed by atoms with Crippen LogP contribution in [0.3, 0.4) is 0 Å². The van der Waals surface area contributed by atoms with Crippen LogP contribution in [0.1, 0.15) is 25.0 Å². The summed E-state index contributed by atoms with van der Waals surface area (Å²) in [7, 11) is 1.63. The van der Waals surface area contributed by atoms with E-state index in [1.54, 1.807) is 7.11 Å². The summed E-state index contributed by atoms with van der Waals surface area (Å²) in [5.41, 5.74) is 13.0. The predicted octanol–water partition coefficient (Wildman–Crippen LogP) is 0.850. The zero-order valence-corrected chi connectivity index (χ0v) is 11.8. The monoisotopic (exact) mass is 265 g/mol. The molecule has 106 valence electrons. The molecule has 5 heteroatoms. The van der Waals surface area contributed by atoms with Crippen molar-refractivity contribution >= 4 is 5.91 Å². The summed E-state index contributed by atoms with van der Waals surface area (Å²) >= 11 is 0. The van der Waals surface area contributed by atoms with Gasteiger partial charge in [0.1, 0.15) is 5.75 Å². The summed E-state index contributed by atoms with van der Waals surface area (Å²) in [5.74, 6) is 0.468. The number of nitrogens with two attached hydrogens (primary N) is 2. The van der Waals surface area contributed by atoms with Crippen LogP contribution in [0.25, 0.3) is 0 Å². The lowest BCUT2D eigenvalue weighted by Gasteiger charge is -2.26. The molecule has 0 atom stereocenters. The van der Waals surface area contributed by atoms with Crippen molar-refractivity contribution in [3.8, 4) is 5.75 Å². The van der Waals surface area contributed by atoms with Crippen molar-refractivity contribution < 1.29 is 9.53 Å². The van der Waals surface area contributed by atoms with E-state index >= 15 is 0 Å². The molecular formula is C14H23N3O2. The minimum absolute atomic E-state index is 0.221. The highest BCUT2D eigenvalue weighted by atomic mass is 16.5. The third kappa shape index (κ3) is 4.54. The maximum absolute atomic E-state index is 11.1. The lowest BCUT2D eigenvalue weighted by Crippen LogP contribution is -2.38. The topological polar surface area (TPSA) is 81.6 Å². The zero-order chi connectivity index (χ0) is 14.4. The first-order chi connectivity index (χ1) is 8.97. The Morgan fingerprint density at radius 3 is 2.58 bits per heavy atom. The van der Waals surface area contributed by atoms with Crippen molar-refractivity contribution in [1.29, 1.82) is 0 Å². The Balaban J connectivity index is 2.96. The van der Waals surface area contributed by atoms with E-state index in [1.165, 1.54) is 0 Å². The first kappa shape index (κ1) is 15.5. The number of amides is 1. The van der Waals surface area contributed by atoms with E-state index in [2.05, 4.69) is 0 Å².